The quantitative estimate of drug-likeness (QED) is 0.552. The Morgan fingerprint density at radius 3 is 1.44 bits per heavy atom. The summed E-state index contributed by atoms with van der Waals surface area (Å²) in [5, 5.41) is 0. The average molecular weight is 282 g/mol. The van der Waals surface area contributed by atoms with Crippen LogP contribution in [0.15, 0.2) is 21.0 Å². The third kappa shape index (κ3) is 3.51. The topological polar surface area (TPSA) is 34.1 Å². The van der Waals surface area contributed by atoms with Crippen LogP contribution in [0.2, 0.25) is 0 Å². The second-order valence-corrected chi connectivity index (χ2v) is 7.03. The zero-order valence-corrected chi connectivity index (χ0v) is 12.1. The lowest BCUT2D eigenvalue weighted by Gasteiger charge is -2.19. The van der Waals surface area contributed by atoms with Crippen molar-refractivity contribution in [3.05, 3.63) is 21.0 Å². The molecule has 0 N–H and O–H groups in total. The highest BCUT2D eigenvalue weighted by Crippen LogP contribution is 2.46. The minimum Gasteiger partial charge on any atom is -0.298 e. The molecule has 0 aromatic rings. The summed E-state index contributed by atoms with van der Waals surface area (Å²) in [5.41, 5.74) is 1.95. The molecule has 0 aromatic heterocycles. The molecule has 2 aliphatic rings. The molecule has 2 rings (SSSR count). The van der Waals surface area contributed by atoms with Crippen LogP contribution in [0.5, 0.6) is 0 Å². The van der Waals surface area contributed by atoms with Crippen LogP contribution in [-0.2, 0) is 9.59 Å². The molecule has 2 nitrogen and oxygen atoms in total. The maximum absolute atomic E-state index is 11.0. The van der Waals surface area contributed by atoms with Crippen molar-refractivity contribution in [1.29, 1.82) is 0 Å². The molecule has 0 saturated carbocycles. The molecule has 2 aliphatic carbocycles. The van der Waals surface area contributed by atoms with E-state index < -0.39 is 0 Å². The molecule has 18 heavy (non-hydrogen) atoms. The predicted molar refractivity (Wildman–Crippen MR) is 78.3 cm³/mol. The van der Waals surface area contributed by atoms with E-state index in [0.29, 0.717) is 0 Å². The fraction of sp³-hybridized carbons (Fsp3) is 0.571. The fourth-order valence-corrected chi connectivity index (χ4v) is 5.26. The van der Waals surface area contributed by atoms with Crippen LogP contribution in [0.1, 0.15) is 51.4 Å². The largest absolute Gasteiger partial charge is 0.298 e. The van der Waals surface area contributed by atoms with Gasteiger partial charge >= 0.3 is 0 Å². The molecule has 0 amide bonds. The molecule has 0 bridgehead atoms. The van der Waals surface area contributed by atoms with E-state index in [1.165, 1.54) is 22.7 Å². The van der Waals surface area contributed by atoms with Crippen molar-refractivity contribution in [2.75, 3.05) is 0 Å². The number of carbonyl (C=O) groups excluding carboxylic acids is 2. The molecule has 0 atom stereocenters. The first kappa shape index (κ1) is 13.9. The first-order valence-electron chi connectivity index (χ1n) is 6.54. The lowest BCUT2D eigenvalue weighted by Crippen LogP contribution is -1.99. The molecule has 0 unspecified atom stereocenters. The van der Waals surface area contributed by atoms with Crippen molar-refractivity contribution < 1.29 is 9.59 Å². The van der Waals surface area contributed by atoms with Gasteiger partial charge in [-0.3, -0.25) is 9.59 Å². The monoisotopic (exact) mass is 282 g/mol. The van der Waals surface area contributed by atoms with Crippen molar-refractivity contribution in [3.8, 4) is 0 Å². The Bertz CT molecular complexity index is 359. The number of aldehydes is 2. The summed E-state index contributed by atoms with van der Waals surface area (Å²) in [7, 11) is 3.41. The van der Waals surface area contributed by atoms with E-state index in [0.717, 1.165) is 62.2 Å². The van der Waals surface area contributed by atoms with Crippen LogP contribution in [0.25, 0.3) is 0 Å². The minimum absolute atomic E-state index is 0.923. The lowest BCUT2D eigenvalue weighted by molar-refractivity contribution is -0.105. The molecular formula is C14H18O2S2. The van der Waals surface area contributed by atoms with Gasteiger partial charge in [0.2, 0.25) is 0 Å². The Balaban J connectivity index is 2.02. The summed E-state index contributed by atoms with van der Waals surface area (Å²) >= 11 is 0. The second kappa shape index (κ2) is 7.19. The molecule has 0 fully saturated rings. The number of hydrogen-bond acceptors (Lipinski definition) is 4. The molecule has 0 spiro atoms. The molecule has 0 aromatic carbocycles. The van der Waals surface area contributed by atoms with Crippen LogP contribution >= 0.6 is 21.6 Å². The SMILES string of the molecule is O=CC1=C(SSC2=C(C=O)CCCC2)CCCC1. The normalized spacial score (nSPS) is 21.1. The highest BCUT2D eigenvalue weighted by Gasteiger charge is 2.17. The number of carbonyl (C=O) groups is 2. The van der Waals surface area contributed by atoms with E-state index in [2.05, 4.69) is 0 Å². The van der Waals surface area contributed by atoms with Crippen molar-refractivity contribution in [1.82, 2.24) is 0 Å². The average Bonchev–Trinajstić information content (AvgIpc) is 2.45. The zero-order valence-electron chi connectivity index (χ0n) is 10.4. The zero-order chi connectivity index (χ0) is 12.8. The highest BCUT2D eigenvalue weighted by atomic mass is 33.1. The van der Waals surface area contributed by atoms with Crippen molar-refractivity contribution in [2.24, 2.45) is 0 Å². The number of allylic oxidation sites excluding steroid dienone is 4. The molecule has 0 radical (unpaired) electrons. The van der Waals surface area contributed by atoms with Crippen molar-refractivity contribution in [2.45, 2.75) is 51.4 Å². The summed E-state index contributed by atoms with van der Waals surface area (Å²) < 4.78 is 0. The smallest absolute Gasteiger partial charge is 0.146 e. The van der Waals surface area contributed by atoms with Gasteiger partial charge in [-0.15, -0.1) is 0 Å². The molecule has 0 aliphatic heterocycles. The second-order valence-electron chi connectivity index (χ2n) is 4.71. The molecule has 98 valence electrons. The Kier molecular flexibility index (Phi) is 5.57. The Labute approximate surface area is 116 Å². The first-order valence-corrected chi connectivity index (χ1v) is 8.69. The summed E-state index contributed by atoms with van der Waals surface area (Å²) in [4.78, 5) is 24.4. The highest BCUT2D eigenvalue weighted by molar-refractivity contribution is 8.79. The van der Waals surface area contributed by atoms with Gasteiger partial charge in [0.05, 0.1) is 0 Å². The number of rotatable bonds is 5. The lowest BCUT2D eigenvalue weighted by atomic mass is 10.0. The Morgan fingerprint density at radius 2 is 1.06 bits per heavy atom. The van der Waals surface area contributed by atoms with Crippen LogP contribution < -0.4 is 0 Å². The van der Waals surface area contributed by atoms with E-state index in [-0.39, 0.29) is 0 Å². The van der Waals surface area contributed by atoms with Crippen molar-refractivity contribution >= 4 is 34.2 Å². The van der Waals surface area contributed by atoms with Crippen LogP contribution in [0.4, 0.5) is 0 Å². The van der Waals surface area contributed by atoms with Gasteiger partial charge in [-0.05, 0) is 51.4 Å². The summed E-state index contributed by atoms with van der Waals surface area (Å²) in [6.07, 6.45) is 10.5. The summed E-state index contributed by atoms with van der Waals surface area (Å²) in [5.74, 6) is 0. The van der Waals surface area contributed by atoms with Crippen LogP contribution in [-0.4, -0.2) is 12.6 Å². The molecule has 0 heterocycles. The van der Waals surface area contributed by atoms with Gasteiger partial charge in [-0.25, -0.2) is 0 Å². The Morgan fingerprint density at radius 1 is 0.667 bits per heavy atom. The number of hydrogen-bond donors (Lipinski definition) is 0. The van der Waals surface area contributed by atoms with Crippen molar-refractivity contribution in [3.63, 3.8) is 0 Å². The van der Waals surface area contributed by atoms with Gasteiger partial charge in [0.15, 0.2) is 0 Å². The third-order valence-corrected chi connectivity index (χ3v) is 6.32. The van der Waals surface area contributed by atoms with Gasteiger partial charge in [-0.2, -0.15) is 0 Å². The third-order valence-electron chi connectivity index (χ3n) is 3.44. The summed E-state index contributed by atoms with van der Waals surface area (Å²) in [6, 6.07) is 0. The minimum atomic E-state index is 0.923. The van der Waals surface area contributed by atoms with E-state index >= 15 is 0 Å². The van der Waals surface area contributed by atoms with Gasteiger partial charge in [0.25, 0.3) is 0 Å². The van der Waals surface area contributed by atoms with E-state index in [1.54, 1.807) is 21.6 Å². The van der Waals surface area contributed by atoms with Crippen LogP contribution in [0, 0.1) is 0 Å². The van der Waals surface area contributed by atoms with Gasteiger partial charge in [0.1, 0.15) is 12.6 Å². The maximum Gasteiger partial charge on any atom is 0.146 e. The van der Waals surface area contributed by atoms with Gasteiger partial charge in [-0.1, -0.05) is 21.6 Å². The Hall–Kier alpha value is -0.480. The van der Waals surface area contributed by atoms with E-state index in [4.69, 9.17) is 0 Å². The van der Waals surface area contributed by atoms with Gasteiger partial charge in [0, 0.05) is 21.0 Å². The standard InChI is InChI=1S/C14H18O2S2/c15-9-11-5-1-3-7-13(11)17-18-14-8-4-2-6-12(14)10-16/h9-10H,1-8H2. The predicted octanol–water partition coefficient (Wildman–Crippen LogP) is 4.42. The molecule has 0 saturated heterocycles. The molecular weight excluding hydrogens is 264 g/mol. The fourth-order valence-electron chi connectivity index (χ4n) is 2.34. The summed E-state index contributed by atoms with van der Waals surface area (Å²) in [6.45, 7) is 0. The maximum atomic E-state index is 11.0. The van der Waals surface area contributed by atoms with Crippen LogP contribution in [0.3, 0.4) is 0 Å². The van der Waals surface area contributed by atoms with Gasteiger partial charge < -0.3 is 0 Å². The first-order chi connectivity index (χ1) is 8.85. The van der Waals surface area contributed by atoms with E-state index in [1.807, 2.05) is 0 Å². The molecule has 4 heteroatoms. The van der Waals surface area contributed by atoms with E-state index in [9.17, 15) is 9.59 Å².